The van der Waals surface area contributed by atoms with Crippen molar-refractivity contribution in [3.63, 3.8) is 0 Å². The Hall–Kier alpha value is -3.98. The van der Waals surface area contributed by atoms with Crippen LogP contribution in [0.1, 0.15) is 30.4 Å². The van der Waals surface area contributed by atoms with Crippen LogP contribution >= 0.6 is 0 Å². The topological polar surface area (TPSA) is 42.0 Å². The second-order valence-corrected chi connectivity index (χ2v) is 8.01. The molecule has 0 spiro atoms. The quantitative estimate of drug-likeness (QED) is 0.284. The molecule has 0 fully saturated rings. The Morgan fingerprint density at radius 2 is 1.55 bits per heavy atom. The number of para-hydroxylation sites is 1. The number of carbonyl (C=O) groups excluding carboxylic acids is 1. The molecule has 1 N–H and O–H groups in total. The smallest absolute Gasteiger partial charge is 0.224 e. The Bertz CT molecular complexity index is 1240. The van der Waals surface area contributed by atoms with Crippen LogP contribution < -0.4 is 5.32 Å². The highest BCUT2D eigenvalue weighted by Gasteiger charge is 2.08. The molecule has 0 unspecified atom stereocenters. The first-order valence-corrected chi connectivity index (χ1v) is 11.3. The molecular weight excluding hydrogens is 404 g/mol. The number of rotatable bonds is 9. The van der Waals surface area contributed by atoms with Gasteiger partial charge in [-0.15, -0.1) is 0 Å². The summed E-state index contributed by atoms with van der Waals surface area (Å²) in [5, 5.41) is 4.06. The van der Waals surface area contributed by atoms with Crippen molar-refractivity contribution in [2.75, 3.05) is 5.32 Å². The van der Waals surface area contributed by atoms with Gasteiger partial charge < -0.3 is 5.32 Å². The van der Waals surface area contributed by atoms with E-state index in [-0.39, 0.29) is 5.91 Å². The maximum absolute atomic E-state index is 12.7. The van der Waals surface area contributed by atoms with Crippen molar-refractivity contribution in [3.8, 4) is 0 Å². The van der Waals surface area contributed by atoms with Crippen LogP contribution in [0.15, 0.2) is 115 Å². The highest BCUT2D eigenvalue weighted by molar-refractivity contribution is 6.00. The van der Waals surface area contributed by atoms with Crippen LogP contribution in [0, 0.1) is 0 Å². The maximum atomic E-state index is 12.7. The Kier molecular flexibility index (Phi) is 7.80. The number of hydrogen-bond acceptors (Lipinski definition) is 2. The lowest BCUT2D eigenvalue weighted by Crippen LogP contribution is -2.12. The first-order chi connectivity index (χ1) is 16.3. The van der Waals surface area contributed by atoms with E-state index in [1.165, 1.54) is 11.1 Å². The minimum Gasteiger partial charge on any atom is -0.324 e. The molecule has 4 aromatic rings. The molecule has 0 radical (unpaired) electrons. The molecule has 1 aromatic heterocycles. The van der Waals surface area contributed by atoms with Gasteiger partial charge in [0.1, 0.15) is 0 Å². The lowest BCUT2D eigenvalue weighted by atomic mass is 10.0. The molecule has 3 aromatic carbocycles. The van der Waals surface area contributed by atoms with Crippen molar-refractivity contribution in [2.24, 2.45) is 0 Å². The molecular formula is C30H28N2O. The van der Waals surface area contributed by atoms with E-state index in [4.69, 9.17) is 0 Å². The van der Waals surface area contributed by atoms with E-state index in [9.17, 15) is 4.79 Å². The molecule has 3 nitrogen and oxygen atoms in total. The van der Waals surface area contributed by atoms with Gasteiger partial charge in [0.15, 0.2) is 0 Å². The number of benzene rings is 3. The van der Waals surface area contributed by atoms with Gasteiger partial charge in [-0.05, 0) is 42.5 Å². The van der Waals surface area contributed by atoms with Gasteiger partial charge in [0.05, 0.1) is 11.2 Å². The zero-order valence-corrected chi connectivity index (χ0v) is 18.7. The summed E-state index contributed by atoms with van der Waals surface area (Å²) in [6, 6.07) is 30.5. The van der Waals surface area contributed by atoms with Crippen LogP contribution in [0.5, 0.6) is 0 Å². The molecule has 0 saturated carbocycles. The number of nitrogens with zero attached hydrogens (tertiary/aromatic N) is 1. The summed E-state index contributed by atoms with van der Waals surface area (Å²) >= 11 is 0. The third-order valence-corrected chi connectivity index (χ3v) is 5.49. The van der Waals surface area contributed by atoms with E-state index >= 15 is 0 Å². The normalized spacial score (nSPS) is 11.7. The van der Waals surface area contributed by atoms with E-state index in [1.807, 2.05) is 54.6 Å². The third-order valence-electron chi connectivity index (χ3n) is 5.49. The predicted octanol–water partition coefficient (Wildman–Crippen LogP) is 7.23. The number of pyridine rings is 1. The highest BCUT2D eigenvalue weighted by atomic mass is 16.1. The molecule has 3 heteroatoms. The average Bonchev–Trinajstić information content (AvgIpc) is 2.86. The van der Waals surface area contributed by atoms with Gasteiger partial charge >= 0.3 is 0 Å². The Morgan fingerprint density at radius 3 is 2.36 bits per heavy atom. The van der Waals surface area contributed by atoms with E-state index in [0.29, 0.717) is 12.8 Å². The molecule has 0 aliphatic heterocycles. The van der Waals surface area contributed by atoms with Gasteiger partial charge in [-0.2, -0.15) is 0 Å². The highest BCUT2D eigenvalue weighted by Crippen LogP contribution is 2.22. The summed E-state index contributed by atoms with van der Waals surface area (Å²) in [7, 11) is 0. The number of fused-ring (bicyclic) bond motifs is 1. The number of hydrogen-bond donors (Lipinski definition) is 1. The predicted molar refractivity (Wildman–Crippen MR) is 138 cm³/mol. The molecule has 1 amide bonds. The fourth-order valence-corrected chi connectivity index (χ4v) is 3.78. The van der Waals surface area contributed by atoms with E-state index in [1.54, 1.807) is 6.20 Å². The van der Waals surface area contributed by atoms with E-state index in [2.05, 4.69) is 64.9 Å². The molecule has 0 saturated heterocycles. The lowest BCUT2D eigenvalue weighted by Gasteiger charge is -2.09. The standard InChI is InChI=1S/C30H28N2O/c33-29(32-28-19-9-17-27-18-10-22-31-30(27)28)21-20-26(23-25-14-5-2-6-15-25)16-8-7-13-24-11-3-1-4-12-24/h1-12,14-15,17-19,22-23H,13,16,20-21H2,(H,32,33). The number of aromatic nitrogens is 1. The summed E-state index contributed by atoms with van der Waals surface area (Å²) < 4.78 is 0. The number of nitrogens with one attached hydrogen (secondary N) is 1. The third kappa shape index (κ3) is 6.75. The van der Waals surface area contributed by atoms with Crippen molar-refractivity contribution in [3.05, 3.63) is 126 Å². The van der Waals surface area contributed by atoms with Crippen LogP contribution in [0.4, 0.5) is 5.69 Å². The Labute approximate surface area is 195 Å². The first-order valence-electron chi connectivity index (χ1n) is 11.3. The number of carbonyl (C=O) groups is 1. The second-order valence-electron chi connectivity index (χ2n) is 8.01. The Morgan fingerprint density at radius 1 is 0.788 bits per heavy atom. The summed E-state index contributed by atoms with van der Waals surface area (Å²) in [6.45, 7) is 0. The van der Waals surface area contributed by atoms with Crippen molar-refractivity contribution in [1.82, 2.24) is 4.98 Å². The molecule has 0 atom stereocenters. The van der Waals surface area contributed by atoms with Crippen molar-refractivity contribution >= 4 is 28.6 Å². The average molecular weight is 433 g/mol. The van der Waals surface area contributed by atoms with Crippen molar-refractivity contribution in [1.29, 1.82) is 0 Å². The zero-order chi connectivity index (χ0) is 22.7. The van der Waals surface area contributed by atoms with Gasteiger partial charge in [0.2, 0.25) is 5.91 Å². The number of anilines is 1. The van der Waals surface area contributed by atoms with Gasteiger partial charge in [-0.3, -0.25) is 9.78 Å². The van der Waals surface area contributed by atoms with E-state index in [0.717, 1.165) is 35.0 Å². The summed E-state index contributed by atoms with van der Waals surface area (Å²) in [5.74, 6) is 0.000352. The Balaban J connectivity index is 1.40. The van der Waals surface area contributed by atoms with Crippen LogP contribution in [0.2, 0.25) is 0 Å². The number of amides is 1. The lowest BCUT2D eigenvalue weighted by molar-refractivity contribution is -0.116. The summed E-state index contributed by atoms with van der Waals surface area (Å²) in [4.78, 5) is 17.2. The van der Waals surface area contributed by atoms with Crippen LogP contribution in [0.3, 0.4) is 0 Å². The fourth-order valence-electron chi connectivity index (χ4n) is 3.78. The van der Waals surface area contributed by atoms with Gasteiger partial charge in [-0.25, -0.2) is 0 Å². The monoisotopic (exact) mass is 432 g/mol. The molecule has 0 aliphatic rings. The summed E-state index contributed by atoms with van der Waals surface area (Å²) in [6.07, 6.45) is 11.2. The molecule has 0 aliphatic carbocycles. The second kappa shape index (κ2) is 11.6. The van der Waals surface area contributed by atoms with Gasteiger partial charge in [0, 0.05) is 18.0 Å². The molecule has 4 rings (SSSR count). The number of allylic oxidation sites excluding steroid dienone is 3. The van der Waals surface area contributed by atoms with Gasteiger partial charge in [0.25, 0.3) is 0 Å². The van der Waals surface area contributed by atoms with Crippen LogP contribution in [-0.2, 0) is 11.2 Å². The molecule has 33 heavy (non-hydrogen) atoms. The molecule has 0 bridgehead atoms. The fraction of sp³-hybridized carbons (Fsp3) is 0.133. The SMILES string of the molecule is O=C(CCC(=Cc1ccccc1)CC=CCc1ccccc1)Nc1cccc2cccnc12. The van der Waals surface area contributed by atoms with Crippen molar-refractivity contribution < 1.29 is 4.79 Å². The molecule has 1 heterocycles. The van der Waals surface area contributed by atoms with Gasteiger partial charge in [-0.1, -0.05) is 103 Å². The largest absolute Gasteiger partial charge is 0.324 e. The van der Waals surface area contributed by atoms with Crippen molar-refractivity contribution in [2.45, 2.75) is 25.7 Å². The summed E-state index contributed by atoms with van der Waals surface area (Å²) in [5.41, 5.74) is 5.26. The minimum atomic E-state index is 0.000352. The minimum absolute atomic E-state index is 0.000352. The van der Waals surface area contributed by atoms with E-state index < -0.39 is 0 Å². The first kappa shape index (κ1) is 22.2. The zero-order valence-electron chi connectivity index (χ0n) is 18.7. The molecule has 164 valence electrons. The van der Waals surface area contributed by atoms with Crippen LogP contribution in [0.25, 0.3) is 17.0 Å². The van der Waals surface area contributed by atoms with Crippen LogP contribution in [-0.4, -0.2) is 10.9 Å². The maximum Gasteiger partial charge on any atom is 0.224 e.